The zero-order chi connectivity index (χ0) is 17.4. The fraction of sp³-hybridized carbons (Fsp3) is 0.353. The van der Waals surface area contributed by atoms with E-state index in [1.54, 1.807) is 26.2 Å². The number of hydrogen-bond donors (Lipinski definition) is 0. The first-order valence-corrected chi connectivity index (χ1v) is 7.50. The minimum absolute atomic E-state index is 0.115. The largest absolute Gasteiger partial charge is 0.496 e. The summed E-state index contributed by atoms with van der Waals surface area (Å²) >= 11 is 0. The monoisotopic (exact) mass is 332 g/mol. The van der Waals surface area contributed by atoms with Crippen molar-refractivity contribution in [2.75, 3.05) is 13.7 Å². The molecule has 0 spiro atoms. The number of carbonyl (C=O) groups is 1. The van der Waals surface area contributed by atoms with Crippen molar-refractivity contribution in [3.8, 4) is 17.1 Å². The van der Waals surface area contributed by atoms with Crippen molar-refractivity contribution in [3.63, 3.8) is 0 Å². The molecule has 128 valence electrons. The van der Waals surface area contributed by atoms with Gasteiger partial charge in [-0.05, 0) is 25.5 Å². The summed E-state index contributed by atoms with van der Waals surface area (Å²) in [7, 11) is 1.56. The second kappa shape index (κ2) is 8.83. The average molecular weight is 332 g/mol. The van der Waals surface area contributed by atoms with Crippen LogP contribution < -0.4 is 4.74 Å². The van der Waals surface area contributed by atoms with E-state index in [4.69, 9.17) is 18.7 Å². The quantitative estimate of drug-likeness (QED) is 0.396. The normalized spacial score (nSPS) is 11.8. The fourth-order valence-electron chi connectivity index (χ4n) is 1.90. The predicted molar refractivity (Wildman–Crippen MR) is 86.3 cm³/mol. The van der Waals surface area contributed by atoms with E-state index in [0.717, 1.165) is 0 Å². The standard InChI is InChI=1S/C17H20N2O5/c1-4-5-10-22-12(2)17(20)23-11-15-18-16(19-24-15)13-8-6-7-9-14(13)21-3/h4,6-9,12H,1,5,10-11H2,2-3H3. The molecule has 1 aromatic carbocycles. The Labute approximate surface area is 140 Å². The Kier molecular flexibility index (Phi) is 6.51. The minimum Gasteiger partial charge on any atom is -0.496 e. The lowest BCUT2D eigenvalue weighted by molar-refractivity contribution is -0.158. The van der Waals surface area contributed by atoms with Crippen molar-refractivity contribution in [2.24, 2.45) is 0 Å². The highest BCUT2D eigenvalue weighted by atomic mass is 16.6. The summed E-state index contributed by atoms with van der Waals surface area (Å²) in [5, 5.41) is 3.88. The van der Waals surface area contributed by atoms with Crippen molar-refractivity contribution in [1.82, 2.24) is 10.1 Å². The van der Waals surface area contributed by atoms with Crippen LogP contribution in [-0.2, 0) is 20.9 Å². The molecule has 7 heteroatoms. The molecule has 1 heterocycles. The molecule has 24 heavy (non-hydrogen) atoms. The Hall–Kier alpha value is -2.67. The van der Waals surface area contributed by atoms with Crippen molar-refractivity contribution in [2.45, 2.75) is 26.1 Å². The second-order valence-electron chi connectivity index (χ2n) is 4.91. The van der Waals surface area contributed by atoms with Crippen LogP contribution in [0.15, 0.2) is 41.4 Å². The van der Waals surface area contributed by atoms with Crippen LogP contribution in [0.25, 0.3) is 11.4 Å². The number of aromatic nitrogens is 2. The minimum atomic E-state index is -0.665. The van der Waals surface area contributed by atoms with Crippen molar-refractivity contribution >= 4 is 5.97 Å². The van der Waals surface area contributed by atoms with Crippen LogP contribution in [0, 0.1) is 0 Å². The van der Waals surface area contributed by atoms with Crippen LogP contribution >= 0.6 is 0 Å². The Morgan fingerprint density at radius 3 is 2.96 bits per heavy atom. The Bertz CT molecular complexity index is 683. The number of rotatable bonds is 9. The van der Waals surface area contributed by atoms with Gasteiger partial charge in [0.15, 0.2) is 12.7 Å². The first-order chi connectivity index (χ1) is 11.7. The Balaban J connectivity index is 1.92. The summed E-state index contributed by atoms with van der Waals surface area (Å²) in [4.78, 5) is 16.0. The molecule has 0 amide bonds. The number of methoxy groups -OCH3 is 1. The molecular weight excluding hydrogens is 312 g/mol. The molecular formula is C17H20N2O5. The molecule has 0 saturated carbocycles. The van der Waals surface area contributed by atoms with Gasteiger partial charge < -0.3 is 18.7 Å². The molecule has 2 rings (SSSR count). The van der Waals surface area contributed by atoms with Crippen molar-refractivity contribution in [1.29, 1.82) is 0 Å². The number of benzene rings is 1. The van der Waals surface area contributed by atoms with Gasteiger partial charge in [-0.2, -0.15) is 4.98 Å². The van der Waals surface area contributed by atoms with Crippen LogP contribution in [0.4, 0.5) is 0 Å². The van der Waals surface area contributed by atoms with Gasteiger partial charge in [0, 0.05) is 0 Å². The molecule has 0 aliphatic rings. The van der Waals surface area contributed by atoms with Crippen molar-refractivity contribution < 1.29 is 23.5 Å². The van der Waals surface area contributed by atoms with E-state index in [2.05, 4.69) is 16.7 Å². The van der Waals surface area contributed by atoms with E-state index in [-0.39, 0.29) is 12.5 Å². The Morgan fingerprint density at radius 2 is 2.21 bits per heavy atom. The van der Waals surface area contributed by atoms with Crippen LogP contribution in [0.3, 0.4) is 0 Å². The van der Waals surface area contributed by atoms with Gasteiger partial charge in [-0.25, -0.2) is 4.79 Å². The van der Waals surface area contributed by atoms with Gasteiger partial charge in [-0.15, -0.1) is 6.58 Å². The van der Waals surface area contributed by atoms with E-state index >= 15 is 0 Å². The lowest BCUT2D eigenvalue weighted by atomic mass is 10.2. The number of hydrogen-bond acceptors (Lipinski definition) is 7. The van der Waals surface area contributed by atoms with Gasteiger partial charge in [0.2, 0.25) is 5.82 Å². The summed E-state index contributed by atoms with van der Waals surface area (Å²) in [6, 6.07) is 7.30. The second-order valence-corrected chi connectivity index (χ2v) is 4.91. The summed E-state index contributed by atoms with van der Waals surface area (Å²) in [5.74, 6) is 0.707. The zero-order valence-corrected chi connectivity index (χ0v) is 13.7. The smallest absolute Gasteiger partial charge is 0.335 e. The maximum atomic E-state index is 11.8. The first kappa shape index (κ1) is 17.7. The molecule has 0 fully saturated rings. The average Bonchev–Trinajstić information content (AvgIpc) is 3.08. The summed E-state index contributed by atoms with van der Waals surface area (Å²) < 4.78 is 20.8. The highest BCUT2D eigenvalue weighted by Crippen LogP contribution is 2.27. The number of nitrogens with zero attached hydrogens (tertiary/aromatic N) is 2. The number of esters is 1. The molecule has 0 aliphatic heterocycles. The molecule has 0 N–H and O–H groups in total. The topological polar surface area (TPSA) is 83.7 Å². The van der Waals surface area contributed by atoms with E-state index in [9.17, 15) is 4.79 Å². The third-order valence-corrected chi connectivity index (χ3v) is 3.18. The third kappa shape index (κ3) is 4.66. The van der Waals surface area contributed by atoms with E-state index < -0.39 is 12.1 Å². The predicted octanol–water partition coefficient (Wildman–Crippen LogP) is 2.77. The van der Waals surface area contributed by atoms with E-state index in [0.29, 0.717) is 30.2 Å². The third-order valence-electron chi connectivity index (χ3n) is 3.18. The van der Waals surface area contributed by atoms with E-state index in [1.807, 2.05) is 18.2 Å². The molecule has 1 unspecified atom stereocenters. The number of para-hydroxylation sites is 1. The maximum Gasteiger partial charge on any atom is 0.335 e. The van der Waals surface area contributed by atoms with Gasteiger partial charge in [0.1, 0.15) is 5.75 Å². The lowest BCUT2D eigenvalue weighted by Gasteiger charge is -2.10. The maximum absolute atomic E-state index is 11.8. The van der Waals surface area contributed by atoms with Crippen LogP contribution in [-0.4, -0.2) is 35.9 Å². The zero-order valence-electron chi connectivity index (χ0n) is 13.7. The number of carbonyl (C=O) groups excluding carboxylic acids is 1. The molecule has 0 aliphatic carbocycles. The lowest BCUT2D eigenvalue weighted by Crippen LogP contribution is -2.23. The van der Waals surface area contributed by atoms with Crippen molar-refractivity contribution in [3.05, 3.63) is 42.8 Å². The molecule has 1 aromatic heterocycles. The molecule has 0 saturated heterocycles. The van der Waals surface area contributed by atoms with Gasteiger partial charge in [0.05, 0.1) is 19.3 Å². The van der Waals surface area contributed by atoms with Crippen LogP contribution in [0.5, 0.6) is 5.75 Å². The molecule has 0 radical (unpaired) electrons. The molecule has 2 aromatic rings. The van der Waals surface area contributed by atoms with Crippen LogP contribution in [0.1, 0.15) is 19.2 Å². The van der Waals surface area contributed by atoms with Gasteiger partial charge in [-0.3, -0.25) is 0 Å². The summed E-state index contributed by atoms with van der Waals surface area (Å²) in [6.45, 7) is 5.51. The Morgan fingerprint density at radius 1 is 1.42 bits per heavy atom. The SMILES string of the molecule is C=CCCOC(C)C(=O)OCc1nc(-c2ccccc2OC)no1. The number of ether oxygens (including phenoxy) is 3. The highest BCUT2D eigenvalue weighted by molar-refractivity contribution is 5.74. The molecule has 7 nitrogen and oxygen atoms in total. The van der Waals surface area contributed by atoms with E-state index in [1.165, 1.54) is 0 Å². The summed E-state index contributed by atoms with van der Waals surface area (Å²) in [5.41, 5.74) is 0.697. The van der Waals surface area contributed by atoms with Crippen LogP contribution in [0.2, 0.25) is 0 Å². The van der Waals surface area contributed by atoms with Gasteiger partial charge in [0.25, 0.3) is 5.89 Å². The summed E-state index contributed by atoms with van der Waals surface area (Å²) in [6.07, 6.45) is 1.72. The van der Waals surface area contributed by atoms with Gasteiger partial charge >= 0.3 is 5.97 Å². The molecule has 0 bridgehead atoms. The first-order valence-electron chi connectivity index (χ1n) is 7.50. The van der Waals surface area contributed by atoms with Gasteiger partial charge in [-0.1, -0.05) is 23.4 Å². The molecule has 1 atom stereocenters. The highest BCUT2D eigenvalue weighted by Gasteiger charge is 2.17. The fourth-order valence-corrected chi connectivity index (χ4v) is 1.90.